The van der Waals surface area contributed by atoms with Crippen molar-refractivity contribution in [1.82, 2.24) is 0 Å². The van der Waals surface area contributed by atoms with Gasteiger partial charge in [0.25, 0.3) is 6.10 Å². The molecule has 1 saturated heterocycles. The molecule has 1 aliphatic rings. The van der Waals surface area contributed by atoms with E-state index in [2.05, 4.69) is 4.74 Å². The number of esters is 2. The molecule has 0 amide bonds. The zero-order valence-electron chi connectivity index (χ0n) is 19.8. The molecular weight excluding hydrogens is 553 g/mol. The maximum atomic E-state index is 14.3. The minimum atomic E-state index is -6.11. The van der Waals surface area contributed by atoms with Gasteiger partial charge in [-0.05, 0) is 32.1 Å². The standard InChI is InChI=1S/C22H21F11O5/c1-4-20(3,19(35)37-10-7-36-10)6-9(17(34)38-18(21(28,29)30)22(31,32)33)5-8(2)11-12(23)14(25)16(27)15(26)13(11)24/h8-10,18H,4-7H2,1-3H3. The van der Waals surface area contributed by atoms with E-state index in [1.807, 2.05) is 0 Å². The molecule has 1 heterocycles. The lowest BCUT2D eigenvalue weighted by atomic mass is 9.75. The first-order valence-electron chi connectivity index (χ1n) is 10.9. The first-order chi connectivity index (χ1) is 17.2. The van der Waals surface area contributed by atoms with Gasteiger partial charge in [-0.15, -0.1) is 0 Å². The third-order valence-corrected chi connectivity index (χ3v) is 6.05. The summed E-state index contributed by atoms with van der Waals surface area (Å²) in [6.07, 6.45) is -19.9. The van der Waals surface area contributed by atoms with Crippen LogP contribution in [0.3, 0.4) is 0 Å². The van der Waals surface area contributed by atoms with Crippen molar-refractivity contribution in [2.24, 2.45) is 11.3 Å². The minimum Gasteiger partial charge on any atom is -0.443 e. The van der Waals surface area contributed by atoms with Gasteiger partial charge in [-0.3, -0.25) is 9.59 Å². The summed E-state index contributed by atoms with van der Waals surface area (Å²) in [7, 11) is 0. The second kappa shape index (κ2) is 11.2. The van der Waals surface area contributed by atoms with Crippen LogP contribution < -0.4 is 0 Å². The van der Waals surface area contributed by atoms with Crippen molar-refractivity contribution in [3.63, 3.8) is 0 Å². The van der Waals surface area contributed by atoms with Gasteiger partial charge >= 0.3 is 24.3 Å². The molecule has 5 nitrogen and oxygen atoms in total. The lowest BCUT2D eigenvalue weighted by Gasteiger charge is -2.32. The summed E-state index contributed by atoms with van der Waals surface area (Å²) in [5, 5.41) is 0. The molecule has 1 aliphatic heterocycles. The zero-order chi connectivity index (χ0) is 29.4. The molecule has 216 valence electrons. The zero-order valence-corrected chi connectivity index (χ0v) is 19.8. The molecule has 38 heavy (non-hydrogen) atoms. The molecule has 0 saturated carbocycles. The van der Waals surface area contributed by atoms with Gasteiger partial charge in [-0.25, -0.2) is 22.0 Å². The SMILES string of the molecule is CCC(C)(CC(CC(C)c1c(F)c(F)c(F)c(F)c1F)C(=O)OC(C(F)(F)F)C(F)(F)F)C(=O)OC1CO1. The molecule has 0 N–H and O–H groups in total. The fraction of sp³-hybridized carbons (Fsp3) is 0.636. The molecule has 1 aromatic rings. The van der Waals surface area contributed by atoms with Crippen molar-refractivity contribution in [1.29, 1.82) is 0 Å². The summed E-state index contributed by atoms with van der Waals surface area (Å²) in [6, 6.07) is 0. The highest BCUT2D eigenvalue weighted by Crippen LogP contribution is 2.41. The number of ether oxygens (including phenoxy) is 3. The van der Waals surface area contributed by atoms with Gasteiger partial charge < -0.3 is 14.2 Å². The summed E-state index contributed by atoms with van der Waals surface area (Å²) in [6.45, 7) is 3.33. The van der Waals surface area contributed by atoms with E-state index >= 15 is 0 Å². The van der Waals surface area contributed by atoms with Crippen molar-refractivity contribution in [2.75, 3.05) is 6.61 Å². The molecular formula is C22H21F11O5. The van der Waals surface area contributed by atoms with E-state index in [1.165, 1.54) is 6.92 Å². The van der Waals surface area contributed by atoms with Gasteiger partial charge in [0.15, 0.2) is 23.3 Å². The number of epoxide rings is 1. The van der Waals surface area contributed by atoms with Gasteiger partial charge in [0.1, 0.15) is 6.61 Å². The highest BCUT2D eigenvalue weighted by atomic mass is 19.4. The van der Waals surface area contributed by atoms with Crippen LogP contribution in [0, 0.1) is 40.4 Å². The van der Waals surface area contributed by atoms with Gasteiger partial charge in [-0.1, -0.05) is 13.8 Å². The molecule has 0 aromatic heterocycles. The fourth-order valence-electron chi connectivity index (χ4n) is 3.68. The monoisotopic (exact) mass is 574 g/mol. The van der Waals surface area contributed by atoms with Gasteiger partial charge in [0.05, 0.1) is 11.3 Å². The quantitative estimate of drug-likeness (QED) is 0.109. The smallest absolute Gasteiger partial charge is 0.434 e. The topological polar surface area (TPSA) is 65.1 Å². The Bertz CT molecular complexity index is 1010. The summed E-state index contributed by atoms with van der Waals surface area (Å²) in [5.41, 5.74) is -3.23. The number of benzene rings is 1. The third-order valence-electron chi connectivity index (χ3n) is 6.05. The molecule has 1 fully saturated rings. The summed E-state index contributed by atoms with van der Waals surface area (Å²) < 4.78 is 161. The maximum Gasteiger partial charge on any atom is 0.434 e. The lowest BCUT2D eigenvalue weighted by Crippen LogP contribution is -2.47. The molecule has 0 bridgehead atoms. The average Bonchev–Trinajstić information content (AvgIpc) is 3.61. The maximum absolute atomic E-state index is 14.3. The Morgan fingerprint density at radius 1 is 0.921 bits per heavy atom. The van der Waals surface area contributed by atoms with Crippen LogP contribution in [0.4, 0.5) is 48.3 Å². The summed E-state index contributed by atoms with van der Waals surface area (Å²) >= 11 is 0. The van der Waals surface area contributed by atoms with Crippen LogP contribution in [0.15, 0.2) is 0 Å². The highest BCUT2D eigenvalue weighted by Gasteiger charge is 2.60. The summed E-state index contributed by atoms with van der Waals surface area (Å²) in [5.74, 6) is -19.0. The molecule has 4 unspecified atom stereocenters. The highest BCUT2D eigenvalue weighted by molar-refractivity contribution is 5.79. The molecule has 16 heteroatoms. The van der Waals surface area contributed by atoms with E-state index < -0.39 is 101 Å². The van der Waals surface area contributed by atoms with E-state index in [4.69, 9.17) is 9.47 Å². The van der Waals surface area contributed by atoms with E-state index in [1.54, 1.807) is 0 Å². The normalized spacial score (nSPS) is 19.1. The number of rotatable bonds is 10. The lowest BCUT2D eigenvalue weighted by molar-refractivity contribution is -0.314. The van der Waals surface area contributed by atoms with Crippen LogP contribution in [0.2, 0.25) is 0 Å². The van der Waals surface area contributed by atoms with Crippen LogP contribution in [-0.4, -0.2) is 43.3 Å². The van der Waals surface area contributed by atoms with Crippen molar-refractivity contribution >= 4 is 11.9 Å². The molecule has 2 rings (SSSR count). The molecule has 1 aromatic carbocycles. The molecule has 0 spiro atoms. The Morgan fingerprint density at radius 3 is 1.76 bits per heavy atom. The first kappa shape index (κ1) is 31.6. The Kier molecular flexibility index (Phi) is 9.32. The Hall–Kier alpha value is -2.65. The number of carbonyl (C=O) groups is 2. The number of alkyl halides is 6. The van der Waals surface area contributed by atoms with Gasteiger partial charge in [0.2, 0.25) is 12.1 Å². The first-order valence-corrected chi connectivity index (χ1v) is 10.9. The van der Waals surface area contributed by atoms with Crippen LogP contribution in [0.25, 0.3) is 0 Å². The Balaban J connectivity index is 2.48. The third kappa shape index (κ3) is 7.05. The van der Waals surface area contributed by atoms with Crippen LogP contribution in [-0.2, 0) is 23.8 Å². The predicted octanol–water partition coefficient (Wildman–Crippen LogP) is 6.23. The van der Waals surface area contributed by atoms with Crippen LogP contribution in [0.1, 0.15) is 51.5 Å². The number of halogens is 11. The van der Waals surface area contributed by atoms with Crippen LogP contribution >= 0.6 is 0 Å². The number of hydrogen-bond acceptors (Lipinski definition) is 5. The average molecular weight is 574 g/mol. The Labute approximate surface area is 208 Å². The van der Waals surface area contributed by atoms with Crippen molar-refractivity contribution in [3.05, 3.63) is 34.6 Å². The minimum absolute atomic E-state index is 0.00708. The largest absolute Gasteiger partial charge is 0.443 e. The van der Waals surface area contributed by atoms with Crippen molar-refractivity contribution in [2.45, 2.75) is 70.7 Å². The van der Waals surface area contributed by atoms with E-state index in [-0.39, 0.29) is 13.0 Å². The van der Waals surface area contributed by atoms with E-state index in [9.17, 15) is 57.9 Å². The predicted molar refractivity (Wildman–Crippen MR) is 104 cm³/mol. The molecule has 0 radical (unpaired) electrons. The second-order valence-electron chi connectivity index (χ2n) is 9.00. The van der Waals surface area contributed by atoms with Crippen LogP contribution in [0.5, 0.6) is 0 Å². The van der Waals surface area contributed by atoms with Crippen molar-refractivity contribution < 1.29 is 72.1 Å². The fourth-order valence-corrected chi connectivity index (χ4v) is 3.68. The molecule has 0 aliphatic carbocycles. The van der Waals surface area contributed by atoms with Gasteiger partial charge in [0, 0.05) is 5.56 Å². The van der Waals surface area contributed by atoms with E-state index in [0.29, 0.717) is 0 Å². The Morgan fingerprint density at radius 2 is 1.37 bits per heavy atom. The van der Waals surface area contributed by atoms with Gasteiger partial charge in [-0.2, -0.15) is 26.3 Å². The van der Waals surface area contributed by atoms with Crippen molar-refractivity contribution in [3.8, 4) is 0 Å². The summed E-state index contributed by atoms with van der Waals surface area (Å²) in [4.78, 5) is 25.2. The second-order valence-corrected chi connectivity index (χ2v) is 9.00. The number of carbonyl (C=O) groups excluding carboxylic acids is 2. The van der Waals surface area contributed by atoms with E-state index in [0.717, 1.165) is 13.8 Å². The number of hydrogen-bond donors (Lipinski definition) is 0. The molecule has 4 atom stereocenters.